The number of benzene rings is 1. The van der Waals surface area contributed by atoms with Gasteiger partial charge in [0.1, 0.15) is 0 Å². The van der Waals surface area contributed by atoms with Gasteiger partial charge in [-0.3, -0.25) is 6.26 Å². The number of aliphatic hydroxyl groups excluding tert-OH is 1. The number of aliphatic hydroxyl groups is 1. The molecule has 0 heterocycles. The maximum Gasteiger partial charge on any atom is 2.00 e. The second-order valence-electron chi connectivity index (χ2n) is 1.84. The van der Waals surface area contributed by atoms with Crippen molar-refractivity contribution in [3.8, 4) is 5.75 Å². The van der Waals surface area contributed by atoms with Gasteiger partial charge in [-0.15, -0.1) is 16.4 Å². The third-order valence-electron chi connectivity index (χ3n) is 0.922. The summed E-state index contributed by atoms with van der Waals surface area (Å²) in [5, 5.41) is 7.44. The minimum Gasteiger partial charge on any atom is -0.566 e. The number of hydrogen-bond donors (Lipinski definition) is 1. The van der Waals surface area contributed by atoms with Gasteiger partial charge in [-0.1, -0.05) is 18.2 Å². The minimum atomic E-state index is 0. The third-order valence-corrected chi connectivity index (χ3v) is 1.09. The van der Waals surface area contributed by atoms with Crippen molar-refractivity contribution in [1.29, 1.82) is 0 Å². The van der Waals surface area contributed by atoms with E-state index in [2.05, 4.69) is 10.6 Å². The number of rotatable bonds is 3. The Morgan fingerprint density at radius 3 is 2.29 bits per heavy atom. The first-order valence-electron chi connectivity index (χ1n) is 3.57. The molecule has 0 unspecified atom stereocenters. The summed E-state index contributed by atoms with van der Waals surface area (Å²) in [6.07, 6.45) is 3.37. The maximum atomic E-state index is 7.44. The van der Waals surface area contributed by atoms with Gasteiger partial charge in [-0.2, -0.15) is 6.92 Å². The number of hydrogen-bond acceptors (Lipinski definition) is 4. The van der Waals surface area contributed by atoms with Crippen LogP contribution in [0.4, 0.5) is 0 Å². The van der Waals surface area contributed by atoms with Gasteiger partial charge in [0.05, 0.1) is 0 Å². The molecule has 0 radical (unpaired) electrons. The molecule has 0 aliphatic rings. The Balaban J connectivity index is 0. The van der Waals surface area contributed by atoms with Crippen molar-refractivity contribution in [2.45, 2.75) is 6.92 Å². The molecule has 0 fully saturated rings. The van der Waals surface area contributed by atoms with E-state index in [4.69, 9.17) is 9.99 Å². The zero-order valence-corrected chi connectivity index (χ0v) is 12.8. The molecule has 0 spiro atoms. The fraction of sp³-hybridized carbons (Fsp3) is 0.111. The Labute approximate surface area is 113 Å². The summed E-state index contributed by atoms with van der Waals surface area (Å²) in [6.45, 7) is 2.56. The summed E-state index contributed by atoms with van der Waals surface area (Å²) in [5.41, 5.74) is 0. The molecule has 1 aromatic carbocycles. The normalized spacial score (nSPS) is 7.93. The van der Waals surface area contributed by atoms with E-state index in [-0.39, 0.29) is 31.1 Å². The average Bonchev–Trinajstić information content (AvgIpc) is 2.18. The van der Waals surface area contributed by atoms with Crippen molar-refractivity contribution in [3.05, 3.63) is 43.2 Å². The van der Waals surface area contributed by atoms with E-state index in [1.54, 1.807) is 19.1 Å². The molecule has 14 heavy (non-hydrogen) atoms. The van der Waals surface area contributed by atoms with Crippen LogP contribution in [0.15, 0.2) is 30.3 Å². The van der Waals surface area contributed by atoms with E-state index < -0.39 is 0 Å². The van der Waals surface area contributed by atoms with Gasteiger partial charge in [0.15, 0.2) is 5.75 Å². The van der Waals surface area contributed by atoms with Gasteiger partial charge in [-0.25, -0.2) is 6.61 Å². The van der Waals surface area contributed by atoms with Crippen molar-refractivity contribution in [1.82, 2.24) is 0 Å². The zero-order chi connectivity index (χ0) is 9.94. The summed E-state index contributed by atoms with van der Waals surface area (Å²) in [7, 11) is 0. The van der Waals surface area contributed by atoms with Crippen LogP contribution in [0.3, 0.4) is 0 Å². The van der Waals surface area contributed by atoms with Crippen LogP contribution >= 0.6 is 12.0 Å². The Morgan fingerprint density at radius 2 is 1.86 bits per heavy atom. The van der Waals surface area contributed by atoms with E-state index in [9.17, 15) is 0 Å². The summed E-state index contributed by atoms with van der Waals surface area (Å²) in [5.74, 6) is 0.679. The summed E-state index contributed by atoms with van der Waals surface area (Å²) in [6, 6.07) is 9.25. The maximum absolute atomic E-state index is 7.44. The molecule has 76 valence electrons. The molecule has 5 heteroatoms. The molecule has 0 saturated heterocycles. The smallest absolute Gasteiger partial charge is 0.566 e. The van der Waals surface area contributed by atoms with E-state index in [1.807, 2.05) is 18.2 Å². The van der Waals surface area contributed by atoms with Gasteiger partial charge in [0.2, 0.25) is 0 Å². The molecular formula is C9H12O3SU. The molecule has 1 aromatic rings. The van der Waals surface area contributed by atoms with Crippen LogP contribution in [-0.4, -0.2) is 5.11 Å². The largest absolute Gasteiger partial charge is 2.00 e. The van der Waals surface area contributed by atoms with Crippen molar-refractivity contribution in [2.75, 3.05) is 0 Å². The Morgan fingerprint density at radius 1 is 1.36 bits per heavy atom. The standard InChI is InChI=1S/C7H7O2S.C2H5O.U/c1-10-9-8-7-5-3-2-4-6-7;1-2-3;/h2-6H,1H2;2-3H,1H3;/q2*-1;+2. The molecular weight excluding hydrogens is 426 g/mol. The molecule has 1 N–H and O–H groups in total. The van der Waals surface area contributed by atoms with E-state index in [1.165, 1.54) is 0 Å². The predicted molar refractivity (Wildman–Crippen MR) is 53.0 cm³/mol. The molecule has 0 aliphatic heterocycles. The van der Waals surface area contributed by atoms with Crippen LogP contribution in [-0.2, 0) is 4.33 Å². The fourth-order valence-electron chi connectivity index (χ4n) is 0.539. The van der Waals surface area contributed by atoms with Gasteiger partial charge >= 0.3 is 31.1 Å². The van der Waals surface area contributed by atoms with Crippen molar-refractivity contribution < 1.29 is 45.4 Å². The van der Waals surface area contributed by atoms with Gasteiger partial charge in [0.25, 0.3) is 0 Å². The molecule has 0 aromatic heterocycles. The Bertz CT molecular complexity index is 197. The SMILES string of the molecule is C[CH-]O.[CH2-]SOOc1ccccc1.[U+2]. The van der Waals surface area contributed by atoms with E-state index >= 15 is 0 Å². The van der Waals surface area contributed by atoms with Crippen LogP contribution in [0.1, 0.15) is 6.92 Å². The average molecular weight is 438 g/mol. The third kappa shape index (κ3) is 10.4. The second-order valence-corrected chi connectivity index (χ2v) is 2.21. The molecule has 0 aliphatic carbocycles. The van der Waals surface area contributed by atoms with Crippen LogP contribution in [0.25, 0.3) is 0 Å². The minimum absolute atomic E-state index is 0. The van der Waals surface area contributed by atoms with Crippen LogP contribution in [0, 0.1) is 44.0 Å². The van der Waals surface area contributed by atoms with Crippen LogP contribution in [0.5, 0.6) is 5.75 Å². The van der Waals surface area contributed by atoms with E-state index in [0.29, 0.717) is 5.75 Å². The van der Waals surface area contributed by atoms with E-state index in [0.717, 1.165) is 18.6 Å². The second kappa shape index (κ2) is 13.3. The van der Waals surface area contributed by atoms with Gasteiger partial charge in [-0.05, 0) is 12.1 Å². The zero-order valence-electron chi connectivity index (χ0n) is 7.84. The molecule has 0 saturated carbocycles. The fourth-order valence-corrected chi connectivity index (χ4v) is 0.666. The first-order chi connectivity index (χ1) is 6.35. The number of para-hydroxylation sites is 1. The molecule has 3 nitrogen and oxygen atoms in total. The van der Waals surface area contributed by atoms with Crippen LogP contribution in [0.2, 0.25) is 0 Å². The Hall–Kier alpha value is 0.342. The van der Waals surface area contributed by atoms with Crippen molar-refractivity contribution >= 4 is 12.0 Å². The summed E-state index contributed by atoms with van der Waals surface area (Å²) >= 11 is 0.924. The summed E-state index contributed by atoms with van der Waals surface area (Å²) < 4.78 is 4.53. The predicted octanol–water partition coefficient (Wildman–Crippen LogP) is 2.98. The molecule has 0 atom stereocenters. The molecule has 0 bridgehead atoms. The summed E-state index contributed by atoms with van der Waals surface area (Å²) in [4.78, 5) is 4.76. The Kier molecular flexibility index (Phi) is 16.0. The topological polar surface area (TPSA) is 38.7 Å². The van der Waals surface area contributed by atoms with Crippen molar-refractivity contribution in [2.24, 2.45) is 0 Å². The van der Waals surface area contributed by atoms with Gasteiger partial charge in [0, 0.05) is 0 Å². The molecule has 0 amide bonds. The van der Waals surface area contributed by atoms with Gasteiger partial charge < -0.3 is 9.99 Å². The first kappa shape index (κ1) is 16.8. The molecule has 1 rings (SSSR count). The first-order valence-corrected chi connectivity index (χ1v) is 4.48. The monoisotopic (exact) mass is 438 g/mol. The quantitative estimate of drug-likeness (QED) is 0.341. The van der Waals surface area contributed by atoms with Crippen molar-refractivity contribution in [3.63, 3.8) is 0 Å². The van der Waals surface area contributed by atoms with Crippen LogP contribution < -0.4 is 4.89 Å².